The zero-order chi connectivity index (χ0) is 12.4. The van der Waals surface area contributed by atoms with E-state index in [-0.39, 0.29) is 22.4 Å². The highest BCUT2D eigenvalue weighted by atomic mass is 35.5. The minimum absolute atomic E-state index is 0.149. The molecule has 1 amide bonds. The van der Waals surface area contributed by atoms with Crippen LogP contribution in [-0.2, 0) is 0 Å². The van der Waals surface area contributed by atoms with Crippen LogP contribution in [0.3, 0.4) is 0 Å². The summed E-state index contributed by atoms with van der Waals surface area (Å²) in [5.74, 6) is -0.502. The number of para-hydroxylation sites is 1. The average Bonchev–Trinajstić information content (AvgIpc) is 2.71. The quantitative estimate of drug-likeness (QED) is 0.717. The van der Waals surface area contributed by atoms with E-state index in [0.29, 0.717) is 11.3 Å². The van der Waals surface area contributed by atoms with Crippen molar-refractivity contribution in [2.45, 2.75) is 6.92 Å². The molecule has 0 spiro atoms. The van der Waals surface area contributed by atoms with Crippen molar-refractivity contribution in [1.82, 2.24) is 10.2 Å². The predicted octanol–water partition coefficient (Wildman–Crippen LogP) is 2.33. The molecule has 0 saturated carbocycles. The van der Waals surface area contributed by atoms with Gasteiger partial charge >= 0.3 is 0 Å². The highest BCUT2D eigenvalue weighted by molar-refractivity contribution is 6.32. The molecule has 1 aromatic carbocycles. The summed E-state index contributed by atoms with van der Waals surface area (Å²) in [7, 11) is 0. The fourth-order valence-electron chi connectivity index (χ4n) is 1.39. The summed E-state index contributed by atoms with van der Waals surface area (Å²) < 4.78 is 0. The molecule has 0 bridgehead atoms. The lowest BCUT2D eigenvalue weighted by atomic mass is 10.2. The molecule has 0 aliphatic carbocycles. The van der Waals surface area contributed by atoms with Crippen molar-refractivity contribution in [2.75, 3.05) is 5.32 Å². The van der Waals surface area contributed by atoms with E-state index >= 15 is 0 Å². The molecule has 0 aliphatic heterocycles. The van der Waals surface area contributed by atoms with E-state index in [4.69, 9.17) is 11.6 Å². The first-order valence-corrected chi connectivity index (χ1v) is 5.26. The molecule has 1 heterocycles. The Balaban J connectivity index is 2.25. The fourth-order valence-corrected chi connectivity index (χ4v) is 1.56. The normalized spacial score (nSPS) is 10.2. The van der Waals surface area contributed by atoms with Gasteiger partial charge < -0.3 is 10.4 Å². The molecule has 0 unspecified atom stereocenters. The van der Waals surface area contributed by atoms with Crippen molar-refractivity contribution in [3.63, 3.8) is 0 Å². The van der Waals surface area contributed by atoms with Gasteiger partial charge in [0.2, 0.25) is 0 Å². The van der Waals surface area contributed by atoms with E-state index in [1.165, 1.54) is 12.3 Å². The summed E-state index contributed by atoms with van der Waals surface area (Å²) in [6.45, 7) is 1.74. The molecular formula is C11H10ClN3O2. The molecular weight excluding hydrogens is 242 g/mol. The van der Waals surface area contributed by atoms with Crippen molar-refractivity contribution < 1.29 is 9.90 Å². The number of benzene rings is 1. The number of carbonyl (C=O) groups is 1. The highest BCUT2D eigenvalue weighted by Crippen LogP contribution is 2.31. The highest BCUT2D eigenvalue weighted by Gasteiger charge is 2.13. The summed E-state index contributed by atoms with van der Waals surface area (Å²) in [6, 6.07) is 4.74. The van der Waals surface area contributed by atoms with Crippen LogP contribution in [-0.4, -0.2) is 21.2 Å². The van der Waals surface area contributed by atoms with Gasteiger partial charge in [-0.15, -0.1) is 0 Å². The number of halogens is 1. The van der Waals surface area contributed by atoms with Crippen LogP contribution in [0.25, 0.3) is 0 Å². The number of hydrogen-bond donors (Lipinski definition) is 3. The van der Waals surface area contributed by atoms with Gasteiger partial charge in [-0.1, -0.05) is 17.7 Å². The first-order valence-electron chi connectivity index (χ1n) is 4.88. The van der Waals surface area contributed by atoms with Crippen LogP contribution in [0.5, 0.6) is 5.75 Å². The van der Waals surface area contributed by atoms with Gasteiger partial charge in [-0.2, -0.15) is 5.10 Å². The smallest absolute Gasteiger partial charge is 0.259 e. The zero-order valence-electron chi connectivity index (χ0n) is 8.99. The van der Waals surface area contributed by atoms with E-state index in [1.807, 2.05) is 0 Å². The van der Waals surface area contributed by atoms with Crippen LogP contribution in [0, 0.1) is 6.92 Å². The Labute approximate surface area is 102 Å². The van der Waals surface area contributed by atoms with E-state index in [9.17, 15) is 9.90 Å². The number of phenols is 1. The molecule has 2 rings (SSSR count). The second kappa shape index (κ2) is 4.47. The van der Waals surface area contributed by atoms with Crippen LogP contribution in [0.15, 0.2) is 24.4 Å². The van der Waals surface area contributed by atoms with Gasteiger partial charge in [0.25, 0.3) is 5.91 Å². The average molecular weight is 252 g/mol. The number of aromatic hydroxyl groups is 1. The molecule has 6 heteroatoms. The lowest BCUT2D eigenvalue weighted by Crippen LogP contribution is -2.12. The van der Waals surface area contributed by atoms with Crippen LogP contribution >= 0.6 is 11.6 Å². The van der Waals surface area contributed by atoms with E-state index in [2.05, 4.69) is 15.5 Å². The largest absolute Gasteiger partial charge is 0.504 e. The van der Waals surface area contributed by atoms with Crippen LogP contribution < -0.4 is 5.32 Å². The van der Waals surface area contributed by atoms with Gasteiger partial charge in [-0.25, -0.2) is 0 Å². The molecule has 0 fully saturated rings. The van der Waals surface area contributed by atoms with Crippen molar-refractivity contribution in [2.24, 2.45) is 0 Å². The van der Waals surface area contributed by atoms with Gasteiger partial charge in [-0.05, 0) is 19.1 Å². The summed E-state index contributed by atoms with van der Waals surface area (Å²) in [5.41, 5.74) is 1.34. The SMILES string of the molecule is Cc1[nH]ncc1C(=O)Nc1cccc(Cl)c1O. The van der Waals surface area contributed by atoms with Gasteiger partial charge in [0, 0.05) is 5.69 Å². The van der Waals surface area contributed by atoms with Gasteiger partial charge in [0.1, 0.15) is 0 Å². The van der Waals surface area contributed by atoms with E-state index < -0.39 is 0 Å². The molecule has 0 saturated heterocycles. The Morgan fingerprint density at radius 1 is 1.53 bits per heavy atom. The minimum Gasteiger partial charge on any atom is -0.504 e. The summed E-state index contributed by atoms with van der Waals surface area (Å²) >= 11 is 5.73. The Morgan fingerprint density at radius 2 is 2.29 bits per heavy atom. The number of rotatable bonds is 2. The number of hydrogen-bond acceptors (Lipinski definition) is 3. The van der Waals surface area contributed by atoms with E-state index in [0.717, 1.165) is 0 Å². The summed E-state index contributed by atoms with van der Waals surface area (Å²) in [5, 5.41) is 18.8. The van der Waals surface area contributed by atoms with Gasteiger partial charge in [0.15, 0.2) is 5.75 Å². The second-order valence-corrected chi connectivity index (χ2v) is 3.91. The second-order valence-electron chi connectivity index (χ2n) is 3.50. The lowest BCUT2D eigenvalue weighted by Gasteiger charge is -2.07. The number of nitrogens with one attached hydrogen (secondary N) is 2. The molecule has 88 valence electrons. The van der Waals surface area contributed by atoms with Crippen LogP contribution in [0.1, 0.15) is 16.1 Å². The first kappa shape index (κ1) is 11.5. The number of nitrogens with zero attached hydrogens (tertiary/aromatic N) is 1. The number of aryl methyl sites for hydroxylation is 1. The van der Waals surface area contributed by atoms with Crippen molar-refractivity contribution >= 4 is 23.2 Å². The lowest BCUT2D eigenvalue weighted by molar-refractivity contribution is 0.102. The molecule has 1 aromatic heterocycles. The molecule has 0 aliphatic rings. The first-order chi connectivity index (χ1) is 8.09. The Hall–Kier alpha value is -2.01. The number of amides is 1. The molecule has 5 nitrogen and oxygen atoms in total. The minimum atomic E-state index is -0.353. The molecule has 0 atom stereocenters. The third-order valence-electron chi connectivity index (χ3n) is 2.31. The molecule has 17 heavy (non-hydrogen) atoms. The molecule has 0 radical (unpaired) electrons. The number of aromatic nitrogens is 2. The van der Waals surface area contributed by atoms with Crippen molar-refractivity contribution in [3.8, 4) is 5.75 Å². The maximum Gasteiger partial charge on any atom is 0.259 e. The molecule has 2 aromatic rings. The van der Waals surface area contributed by atoms with Crippen molar-refractivity contribution in [1.29, 1.82) is 0 Å². The third-order valence-corrected chi connectivity index (χ3v) is 2.61. The van der Waals surface area contributed by atoms with Crippen LogP contribution in [0.2, 0.25) is 5.02 Å². The topological polar surface area (TPSA) is 78.0 Å². The third kappa shape index (κ3) is 2.24. The molecule has 3 N–H and O–H groups in total. The monoisotopic (exact) mass is 251 g/mol. The van der Waals surface area contributed by atoms with Gasteiger partial charge in [0.05, 0.1) is 22.5 Å². The Bertz CT molecular complexity index is 566. The number of anilines is 1. The summed E-state index contributed by atoms with van der Waals surface area (Å²) in [6.07, 6.45) is 1.42. The number of H-pyrrole nitrogens is 1. The van der Waals surface area contributed by atoms with Crippen molar-refractivity contribution in [3.05, 3.63) is 40.7 Å². The number of aromatic amines is 1. The zero-order valence-corrected chi connectivity index (χ0v) is 9.75. The van der Waals surface area contributed by atoms with E-state index in [1.54, 1.807) is 19.1 Å². The van der Waals surface area contributed by atoms with Crippen LogP contribution in [0.4, 0.5) is 5.69 Å². The standard InChI is InChI=1S/C11H10ClN3O2/c1-6-7(5-13-15-6)11(17)14-9-4-2-3-8(12)10(9)16/h2-5,16H,1H3,(H,13,15)(H,14,17). The Morgan fingerprint density at radius 3 is 2.94 bits per heavy atom. The number of phenolic OH excluding ortho intramolecular Hbond substituents is 1. The predicted molar refractivity (Wildman–Crippen MR) is 64.4 cm³/mol. The van der Waals surface area contributed by atoms with Gasteiger partial charge in [-0.3, -0.25) is 9.89 Å². The summed E-state index contributed by atoms with van der Waals surface area (Å²) in [4.78, 5) is 11.8. The maximum absolute atomic E-state index is 11.8. The number of carbonyl (C=O) groups excluding carboxylic acids is 1. The maximum atomic E-state index is 11.8. The Kier molecular flexibility index (Phi) is 3.01. The fraction of sp³-hybridized carbons (Fsp3) is 0.0909.